The zero-order valence-corrected chi connectivity index (χ0v) is 6.47. The van der Waals surface area contributed by atoms with E-state index in [1.54, 1.807) is 0 Å². The minimum Gasteiger partial charge on any atom is -0.345 e. The quantitative estimate of drug-likeness (QED) is 0.491. The Morgan fingerprint density at radius 2 is 1.70 bits per heavy atom. The summed E-state index contributed by atoms with van der Waals surface area (Å²) in [5.41, 5.74) is 0. The van der Waals surface area contributed by atoms with Crippen LogP contribution in [0.4, 0.5) is 0 Å². The average molecular weight is 141 g/mol. The summed E-state index contributed by atoms with van der Waals surface area (Å²) in [5.74, 6) is 2.13. The highest BCUT2D eigenvalue weighted by molar-refractivity contribution is 4.76. The Bertz CT molecular complexity index is 104. The van der Waals surface area contributed by atoms with E-state index in [0.29, 0.717) is 0 Å². The van der Waals surface area contributed by atoms with Crippen molar-refractivity contribution in [3.05, 3.63) is 0 Å². The van der Waals surface area contributed by atoms with Crippen LogP contribution in [0.3, 0.4) is 0 Å². The van der Waals surface area contributed by atoms with Gasteiger partial charge in [-0.3, -0.25) is 0 Å². The summed E-state index contributed by atoms with van der Waals surface area (Å²) in [4.78, 5) is 0. The fraction of sp³-hybridized carbons (Fsp3) is 1.00. The highest BCUT2D eigenvalue weighted by Crippen LogP contribution is 2.21. The molecule has 0 aromatic carbocycles. The van der Waals surface area contributed by atoms with Crippen molar-refractivity contribution in [3.8, 4) is 0 Å². The lowest BCUT2D eigenvalue weighted by molar-refractivity contribution is -0.726. The molecule has 0 amide bonds. The van der Waals surface area contributed by atoms with Crippen molar-refractivity contribution in [2.45, 2.75) is 12.8 Å². The third kappa shape index (κ3) is 1.18. The SMILES string of the molecule is C1CC(C2C[NH2+]C2)CCN1. The molecule has 2 aliphatic heterocycles. The molecule has 2 heteroatoms. The molecule has 0 atom stereocenters. The van der Waals surface area contributed by atoms with Crippen LogP contribution >= 0.6 is 0 Å². The maximum atomic E-state index is 3.41. The molecule has 0 aromatic heterocycles. The van der Waals surface area contributed by atoms with E-state index in [1.165, 1.54) is 39.0 Å². The summed E-state index contributed by atoms with van der Waals surface area (Å²) in [6.45, 7) is 5.34. The van der Waals surface area contributed by atoms with Gasteiger partial charge in [-0.2, -0.15) is 0 Å². The van der Waals surface area contributed by atoms with Crippen molar-refractivity contribution in [2.24, 2.45) is 11.8 Å². The van der Waals surface area contributed by atoms with E-state index < -0.39 is 0 Å². The molecular formula is C8H17N2+. The first kappa shape index (κ1) is 6.62. The first-order chi connectivity index (χ1) is 4.97. The third-order valence-corrected chi connectivity index (χ3v) is 2.99. The maximum Gasteiger partial charge on any atom is 0.0841 e. The molecule has 3 N–H and O–H groups in total. The molecule has 2 heterocycles. The van der Waals surface area contributed by atoms with Gasteiger partial charge in [-0.15, -0.1) is 0 Å². The summed E-state index contributed by atoms with van der Waals surface area (Å²) in [7, 11) is 0. The number of nitrogens with one attached hydrogen (secondary N) is 1. The van der Waals surface area contributed by atoms with Gasteiger partial charge in [-0.05, 0) is 31.8 Å². The Balaban J connectivity index is 1.78. The molecule has 0 aliphatic carbocycles. The smallest absolute Gasteiger partial charge is 0.0841 e. The Kier molecular flexibility index (Phi) is 1.91. The van der Waals surface area contributed by atoms with Crippen LogP contribution in [0.15, 0.2) is 0 Å². The first-order valence-corrected chi connectivity index (χ1v) is 4.49. The Morgan fingerprint density at radius 1 is 1.00 bits per heavy atom. The van der Waals surface area contributed by atoms with E-state index >= 15 is 0 Å². The number of piperidine rings is 1. The van der Waals surface area contributed by atoms with Gasteiger partial charge >= 0.3 is 0 Å². The second kappa shape index (κ2) is 2.89. The van der Waals surface area contributed by atoms with E-state index in [-0.39, 0.29) is 0 Å². The van der Waals surface area contributed by atoms with Crippen molar-refractivity contribution >= 4 is 0 Å². The largest absolute Gasteiger partial charge is 0.345 e. The molecule has 0 saturated carbocycles. The van der Waals surface area contributed by atoms with Crippen molar-refractivity contribution in [1.82, 2.24) is 5.32 Å². The zero-order valence-electron chi connectivity index (χ0n) is 6.47. The number of nitrogens with two attached hydrogens (primary N) is 1. The maximum absolute atomic E-state index is 3.41. The van der Waals surface area contributed by atoms with Gasteiger partial charge < -0.3 is 10.6 Å². The predicted molar refractivity (Wildman–Crippen MR) is 40.7 cm³/mol. The van der Waals surface area contributed by atoms with E-state index in [2.05, 4.69) is 10.6 Å². The minimum atomic E-state index is 1.06. The second-order valence-corrected chi connectivity index (χ2v) is 3.61. The van der Waals surface area contributed by atoms with Crippen molar-refractivity contribution < 1.29 is 5.32 Å². The van der Waals surface area contributed by atoms with Crippen LogP contribution in [-0.4, -0.2) is 26.2 Å². The highest BCUT2D eigenvalue weighted by atomic mass is 15.0. The predicted octanol–water partition coefficient (Wildman–Crippen LogP) is -0.821. The van der Waals surface area contributed by atoms with Gasteiger partial charge in [0, 0.05) is 0 Å². The molecule has 2 aliphatic rings. The van der Waals surface area contributed by atoms with Crippen LogP contribution in [0.2, 0.25) is 0 Å². The average Bonchev–Trinajstić information content (AvgIpc) is 1.86. The lowest BCUT2D eigenvalue weighted by atomic mass is 9.81. The van der Waals surface area contributed by atoms with E-state index in [4.69, 9.17) is 0 Å². The van der Waals surface area contributed by atoms with Crippen LogP contribution in [0.5, 0.6) is 0 Å². The van der Waals surface area contributed by atoms with Gasteiger partial charge in [0.05, 0.1) is 19.0 Å². The fourth-order valence-corrected chi connectivity index (χ4v) is 2.06. The van der Waals surface area contributed by atoms with Gasteiger partial charge in [-0.1, -0.05) is 0 Å². The molecule has 2 saturated heterocycles. The molecule has 0 unspecified atom stereocenters. The van der Waals surface area contributed by atoms with Crippen LogP contribution < -0.4 is 10.6 Å². The zero-order chi connectivity index (χ0) is 6.81. The third-order valence-electron chi connectivity index (χ3n) is 2.99. The molecule has 58 valence electrons. The Morgan fingerprint density at radius 3 is 2.20 bits per heavy atom. The number of hydrogen-bond donors (Lipinski definition) is 2. The van der Waals surface area contributed by atoms with Gasteiger partial charge in [-0.25, -0.2) is 0 Å². The van der Waals surface area contributed by atoms with Crippen LogP contribution in [0.25, 0.3) is 0 Å². The number of rotatable bonds is 1. The van der Waals surface area contributed by atoms with Gasteiger partial charge in [0.1, 0.15) is 0 Å². The summed E-state index contributed by atoms with van der Waals surface area (Å²) in [5, 5.41) is 5.83. The van der Waals surface area contributed by atoms with Crippen molar-refractivity contribution in [3.63, 3.8) is 0 Å². The van der Waals surface area contributed by atoms with Gasteiger partial charge in [0.15, 0.2) is 0 Å². The van der Waals surface area contributed by atoms with Crippen molar-refractivity contribution in [1.29, 1.82) is 0 Å². The molecular weight excluding hydrogens is 124 g/mol. The van der Waals surface area contributed by atoms with Crippen LogP contribution in [-0.2, 0) is 0 Å². The Hall–Kier alpha value is -0.0800. The second-order valence-electron chi connectivity index (χ2n) is 3.61. The van der Waals surface area contributed by atoms with Crippen LogP contribution in [0, 0.1) is 11.8 Å². The molecule has 2 fully saturated rings. The first-order valence-electron chi connectivity index (χ1n) is 4.49. The monoisotopic (exact) mass is 141 g/mol. The molecule has 10 heavy (non-hydrogen) atoms. The minimum absolute atomic E-state index is 1.06. The van der Waals surface area contributed by atoms with E-state index in [0.717, 1.165) is 11.8 Å². The lowest BCUT2D eigenvalue weighted by Crippen LogP contribution is -2.97. The number of hydrogen-bond acceptors (Lipinski definition) is 1. The van der Waals surface area contributed by atoms with Crippen molar-refractivity contribution in [2.75, 3.05) is 26.2 Å². The standard InChI is InChI=1S/C8H16N2/c1-3-9-4-2-7(1)8-5-10-6-8/h7-10H,1-6H2/p+1. The Labute approximate surface area is 62.4 Å². The van der Waals surface area contributed by atoms with Gasteiger partial charge in [0.2, 0.25) is 0 Å². The topological polar surface area (TPSA) is 28.6 Å². The summed E-state index contributed by atoms with van der Waals surface area (Å²) >= 11 is 0. The van der Waals surface area contributed by atoms with Gasteiger partial charge in [0.25, 0.3) is 0 Å². The van der Waals surface area contributed by atoms with E-state index in [9.17, 15) is 0 Å². The molecule has 2 rings (SSSR count). The summed E-state index contributed by atoms with van der Waals surface area (Å²) in [6.07, 6.45) is 2.86. The molecule has 0 spiro atoms. The number of quaternary nitrogens is 1. The molecule has 2 nitrogen and oxygen atoms in total. The fourth-order valence-electron chi connectivity index (χ4n) is 2.06. The normalized spacial score (nSPS) is 30.0. The summed E-state index contributed by atoms with van der Waals surface area (Å²) < 4.78 is 0. The molecule has 0 aromatic rings. The molecule has 0 radical (unpaired) electrons. The highest BCUT2D eigenvalue weighted by Gasteiger charge is 2.31. The summed E-state index contributed by atoms with van der Waals surface area (Å²) in [6, 6.07) is 0. The lowest BCUT2D eigenvalue weighted by Gasteiger charge is -2.33. The van der Waals surface area contributed by atoms with E-state index in [1.807, 2.05) is 0 Å². The van der Waals surface area contributed by atoms with Crippen LogP contribution in [0.1, 0.15) is 12.8 Å². The molecule has 0 bridgehead atoms.